The van der Waals surface area contributed by atoms with Crippen LogP contribution in [-0.2, 0) is 6.42 Å². The third-order valence-electron chi connectivity index (χ3n) is 3.52. The summed E-state index contributed by atoms with van der Waals surface area (Å²) in [6.45, 7) is 4.17. The molecule has 3 rings (SSSR count). The number of aromatic nitrogens is 2. The molecule has 0 bridgehead atoms. The number of fused-ring (bicyclic) bond motifs is 1. The Kier molecular flexibility index (Phi) is 3.93. The van der Waals surface area contributed by atoms with Gasteiger partial charge in [0, 0.05) is 15.8 Å². The standard InChI is InChI=1S/C15H15BrN4S/c1-8-9(2)21-15-13(8)14(20-17)18-12(19-15)7-10-5-3-4-6-11(10)16/h3-6H,7,17H2,1-2H3,(H,18,19,20). The highest BCUT2D eigenvalue weighted by Gasteiger charge is 2.14. The van der Waals surface area contributed by atoms with E-state index in [1.165, 1.54) is 10.4 Å². The van der Waals surface area contributed by atoms with Crippen molar-refractivity contribution in [1.82, 2.24) is 9.97 Å². The number of hydrogen-bond acceptors (Lipinski definition) is 5. The molecule has 0 aliphatic rings. The first-order valence-corrected chi connectivity index (χ1v) is 8.17. The van der Waals surface area contributed by atoms with Crippen molar-refractivity contribution >= 4 is 43.3 Å². The second-order valence-electron chi connectivity index (χ2n) is 4.86. The average Bonchev–Trinajstić information content (AvgIpc) is 2.76. The number of nitrogens with two attached hydrogens (primary N) is 1. The van der Waals surface area contributed by atoms with E-state index < -0.39 is 0 Å². The lowest BCUT2D eigenvalue weighted by Gasteiger charge is -2.07. The molecule has 6 heteroatoms. The summed E-state index contributed by atoms with van der Waals surface area (Å²) in [5, 5.41) is 1.02. The van der Waals surface area contributed by atoms with Crippen LogP contribution in [0.15, 0.2) is 28.7 Å². The lowest BCUT2D eigenvalue weighted by atomic mass is 10.1. The molecule has 3 N–H and O–H groups in total. The fourth-order valence-electron chi connectivity index (χ4n) is 2.29. The van der Waals surface area contributed by atoms with Crippen LogP contribution in [0, 0.1) is 13.8 Å². The summed E-state index contributed by atoms with van der Waals surface area (Å²) in [6.07, 6.45) is 0.669. The van der Waals surface area contributed by atoms with Gasteiger partial charge in [-0.05, 0) is 31.0 Å². The number of nitrogens with zero attached hydrogens (tertiary/aromatic N) is 2. The Bertz CT molecular complexity index is 813. The minimum atomic E-state index is 0.669. The predicted molar refractivity (Wildman–Crippen MR) is 91.6 cm³/mol. The van der Waals surface area contributed by atoms with Crippen molar-refractivity contribution in [2.75, 3.05) is 5.43 Å². The minimum Gasteiger partial charge on any atom is -0.308 e. The maximum atomic E-state index is 5.64. The van der Waals surface area contributed by atoms with E-state index in [4.69, 9.17) is 10.8 Å². The first-order chi connectivity index (χ1) is 10.1. The largest absolute Gasteiger partial charge is 0.308 e. The summed E-state index contributed by atoms with van der Waals surface area (Å²) >= 11 is 5.24. The zero-order valence-electron chi connectivity index (χ0n) is 11.8. The van der Waals surface area contributed by atoms with Crippen LogP contribution in [0.3, 0.4) is 0 Å². The highest BCUT2D eigenvalue weighted by Crippen LogP contribution is 2.33. The summed E-state index contributed by atoms with van der Waals surface area (Å²) in [4.78, 5) is 11.5. The van der Waals surface area contributed by atoms with Crippen LogP contribution in [0.1, 0.15) is 21.8 Å². The maximum absolute atomic E-state index is 5.64. The Morgan fingerprint density at radius 2 is 2.00 bits per heavy atom. The highest BCUT2D eigenvalue weighted by molar-refractivity contribution is 9.10. The molecule has 0 aliphatic heterocycles. The molecule has 0 radical (unpaired) electrons. The Morgan fingerprint density at radius 1 is 1.24 bits per heavy atom. The molecule has 2 heterocycles. The van der Waals surface area contributed by atoms with E-state index in [1.807, 2.05) is 18.2 Å². The molecule has 0 saturated carbocycles. The van der Waals surface area contributed by atoms with Crippen LogP contribution in [0.4, 0.5) is 5.82 Å². The molecule has 0 amide bonds. The van der Waals surface area contributed by atoms with Crippen LogP contribution in [0.5, 0.6) is 0 Å². The van der Waals surface area contributed by atoms with Gasteiger partial charge in [0.05, 0.1) is 5.39 Å². The molecule has 0 aliphatic carbocycles. The van der Waals surface area contributed by atoms with Gasteiger partial charge in [-0.15, -0.1) is 11.3 Å². The summed E-state index contributed by atoms with van der Waals surface area (Å²) in [7, 11) is 0. The molecule has 2 aromatic heterocycles. The van der Waals surface area contributed by atoms with Crippen molar-refractivity contribution in [2.24, 2.45) is 5.84 Å². The first-order valence-electron chi connectivity index (χ1n) is 6.56. The van der Waals surface area contributed by atoms with Crippen molar-refractivity contribution in [3.63, 3.8) is 0 Å². The topological polar surface area (TPSA) is 63.8 Å². The Labute approximate surface area is 135 Å². The summed E-state index contributed by atoms with van der Waals surface area (Å²) in [5.74, 6) is 7.11. The molecular formula is C15H15BrN4S. The Hall–Kier alpha value is -1.50. The van der Waals surface area contributed by atoms with E-state index in [0.717, 1.165) is 26.1 Å². The highest BCUT2D eigenvalue weighted by atomic mass is 79.9. The van der Waals surface area contributed by atoms with Crippen molar-refractivity contribution < 1.29 is 0 Å². The van der Waals surface area contributed by atoms with Gasteiger partial charge in [0.25, 0.3) is 0 Å². The number of rotatable bonds is 3. The van der Waals surface area contributed by atoms with E-state index in [9.17, 15) is 0 Å². The van der Waals surface area contributed by atoms with Gasteiger partial charge >= 0.3 is 0 Å². The first kappa shape index (κ1) is 14.4. The van der Waals surface area contributed by atoms with Gasteiger partial charge in [0.15, 0.2) is 5.82 Å². The molecule has 0 atom stereocenters. The number of nitrogens with one attached hydrogen (secondary N) is 1. The number of thiophene rings is 1. The molecule has 0 unspecified atom stereocenters. The summed E-state index contributed by atoms with van der Waals surface area (Å²) < 4.78 is 1.06. The number of nitrogen functional groups attached to an aromatic ring is 1. The van der Waals surface area contributed by atoms with Crippen LogP contribution in [0.25, 0.3) is 10.2 Å². The van der Waals surface area contributed by atoms with Gasteiger partial charge in [-0.25, -0.2) is 15.8 Å². The Balaban J connectivity index is 2.10. The number of benzene rings is 1. The number of anilines is 1. The molecule has 0 spiro atoms. The van der Waals surface area contributed by atoms with Crippen LogP contribution in [0.2, 0.25) is 0 Å². The minimum absolute atomic E-state index is 0.669. The second kappa shape index (κ2) is 5.71. The van der Waals surface area contributed by atoms with Crippen LogP contribution < -0.4 is 11.3 Å². The number of halogens is 1. The van der Waals surface area contributed by atoms with Gasteiger partial charge in [0.2, 0.25) is 0 Å². The lowest BCUT2D eigenvalue weighted by Crippen LogP contribution is -2.11. The molecule has 21 heavy (non-hydrogen) atoms. The van der Waals surface area contributed by atoms with Gasteiger partial charge in [-0.3, -0.25) is 0 Å². The molecule has 1 aromatic carbocycles. The fraction of sp³-hybridized carbons (Fsp3) is 0.200. The fourth-order valence-corrected chi connectivity index (χ4v) is 3.76. The van der Waals surface area contributed by atoms with E-state index in [2.05, 4.69) is 46.3 Å². The normalized spacial score (nSPS) is 11.0. The molecular weight excluding hydrogens is 348 g/mol. The van der Waals surface area contributed by atoms with Crippen molar-refractivity contribution in [3.8, 4) is 0 Å². The summed E-state index contributed by atoms with van der Waals surface area (Å²) in [6, 6.07) is 8.10. The quantitative estimate of drug-likeness (QED) is 0.546. The van der Waals surface area contributed by atoms with Crippen molar-refractivity contribution in [2.45, 2.75) is 20.3 Å². The summed E-state index contributed by atoms with van der Waals surface area (Å²) in [5.41, 5.74) is 5.06. The van der Waals surface area contributed by atoms with Crippen molar-refractivity contribution in [3.05, 3.63) is 50.6 Å². The van der Waals surface area contributed by atoms with E-state index in [-0.39, 0.29) is 0 Å². The van der Waals surface area contributed by atoms with Crippen LogP contribution in [-0.4, -0.2) is 9.97 Å². The molecule has 3 aromatic rings. The third kappa shape index (κ3) is 2.66. The Morgan fingerprint density at radius 3 is 2.71 bits per heavy atom. The average molecular weight is 363 g/mol. The van der Waals surface area contributed by atoms with Crippen molar-refractivity contribution in [1.29, 1.82) is 0 Å². The third-order valence-corrected chi connectivity index (χ3v) is 5.39. The number of hydrazine groups is 1. The van der Waals surface area contributed by atoms with Gasteiger partial charge in [-0.2, -0.15) is 0 Å². The van der Waals surface area contributed by atoms with Gasteiger partial charge in [0.1, 0.15) is 10.7 Å². The van der Waals surface area contributed by atoms with Gasteiger partial charge < -0.3 is 5.43 Å². The molecule has 108 valence electrons. The number of hydrogen-bond donors (Lipinski definition) is 2. The zero-order valence-corrected chi connectivity index (χ0v) is 14.2. The van der Waals surface area contributed by atoms with E-state index >= 15 is 0 Å². The maximum Gasteiger partial charge on any atom is 0.152 e. The monoisotopic (exact) mass is 362 g/mol. The molecule has 0 fully saturated rings. The zero-order chi connectivity index (χ0) is 15.0. The van der Waals surface area contributed by atoms with E-state index in [1.54, 1.807) is 11.3 Å². The van der Waals surface area contributed by atoms with Crippen LogP contribution >= 0.6 is 27.3 Å². The lowest BCUT2D eigenvalue weighted by molar-refractivity contribution is 0.988. The smallest absolute Gasteiger partial charge is 0.152 e. The molecule has 0 saturated heterocycles. The predicted octanol–water partition coefficient (Wildman–Crippen LogP) is 3.95. The van der Waals surface area contributed by atoms with E-state index in [0.29, 0.717) is 12.2 Å². The SMILES string of the molecule is Cc1sc2nc(Cc3ccccc3Br)nc(NN)c2c1C. The van der Waals surface area contributed by atoms with Gasteiger partial charge in [-0.1, -0.05) is 34.1 Å². The molecule has 4 nitrogen and oxygen atoms in total. The second-order valence-corrected chi connectivity index (χ2v) is 6.92. The number of aryl methyl sites for hydroxylation is 2.